The van der Waals surface area contributed by atoms with Gasteiger partial charge >= 0.3 is 5.97 Å². The molecule has 3 atom stereocenters. The van der Waals surface area contributed by atoms with Gasteiger partial charge in [0, 0.05) is 37.5 Å². The van der Waals surface area contributed by atoms with Crippen LogP contribution in [0.2, 0.25) is 0 Å². The number of aromatic nitrogens is 3. The second kappa shape index (κ2) is 9.37. The standard InChI is InChI=1S/C22H24FN5O5S/c23-15-9-13-17(29)14(21(31)32)11-28(22-24-5-8-34-22)18(13)26-19(15)27-6-4-16(27)20(30)25-10-12-3-1-2-7-33-12/h5,8-9,11-12,16,20,25,30H,1-4,6-7,10H2,(H,31,32). The summed E-state index contributed by atoms with van der Waals surface area (Å²) in [6.07, 6.45) is 5.54. The number of pyridine rings is 2. The number of aliphatic hydroxyl groups is 1. The average molecular weight is 490 g/mol. The number of anilines is 1. The Morgan fingerprint density at radius 1 is 1.38 bits per heavy atom. The van der Waals surface area contributed by atoms with E-state index in [1.165, 1.54) is 15.9 Å². The average Bonchev–Trinajstić information content (AvgIpc) is 3.33. The van der Waals surface area contributed by atoms with Crippen LogP contribution >= 0.6 is 11.3 Å². The molecule has 34 heavy (non-hydrogen) atoms. The molecule has 3 aromatic heterocycles. The Balaban J connectivity index is 1.47. The molecular formula is C22H24FN5O5S. The van der Waals surface area contributed by atoms with Crippen molar-refractivity contribution in [3.8, 4) is 5.13 Å². The molecule has 180 valence electrons. The lowest BCUT2D eigenvalue weighted by molar-refractivity contribution is -0.000229. The maximum absolute atomic E-state index is 15.2. The van der Waals surface area contributed by atoms with Crippen LogP contribution in [-0.2, 0) is 4.74 Å². The second-order valence-electron chi connectivity index (χ2n) is 8.42. The van der Waals surface area contributed by atoms with Crippen LogP contribution in [0.15, 0.2) is 28.6 Å². The minimum atomic E-state index is -1.42. The molecule has 3 unspecified atom stereocenters. The number of nitrogens with zero attached hydrogens (tertiary/aromatic N) is 4. The number of carboxylic acid groups (broad SMARTS) is 1. The lowest BCUT2D eigenvalue weighted by Gasteiger charge is -2.44. The van der Waals surface area contributed by atoms with Gasteiger partial charge in [-0.2, -0.15) is 0 Å². The summed E-state index contributed by atoms with van der Waals surface area (Å²) in [5, 5.41) is 25.2. The Morgan fingerprint density at radius 2 is 2.24 bits per heavy atom. The number of carbonyl (C=O) groups is 1. The minimum absolute atomic E-state index is 0.00806. The van der Waals surface area contributed by atoms with Crippen molar-refractivity contribution in [2.24, 2.45) is 0 Å². The van der Waals surface area contributed by atoms with E-state index in [1.807, 2.05) is 0 Å². The van der Waals surface area contributed by atoms with E-state index in [9.17, 15) is 19.8 Å². The molecule has 0 radical (unpaired) electrons. The molecule has 0 bridgehead atoms. The predicted molar refractivity (Wildman–Crippen MR) is 123 cm³/mol. The van der Waals surface area contributed by atoms with Crippen LogP contribution in [-0.4, -0.2) is 68.8 Å². The first-order valence-corrected chi connectivity index (χ1v) is 12.0. The Labute approximate surface area is 197 Å². The Bertz CT molecular complexity index is 1260. The van der Waals surface area contributed by atoms with E-state index >= 15 is 4.39 Å². The number of rotatable bonds is 7. The van der Waals surface area contributed by atoms with Crippen molar-refractivity contribution in [2.45, 2.75) is 44.1 Å². The van der Waals surface area contributed by atoms with E-state index in [-0.39, 0.29) is 23.0 Å². The topological polar surface area (TPSA) is 130 Å². The van der Waals surface area contributed by atoms with Gasteiger partial charge in [0.1, 0.15) is 11.8 Å². The number of hydrogen-bond donors (Lipinski definition) is 3. The number of ether oxygens (including phenoxy) is 1. The first kappa shape index (κ1) is 22.8. The van der Waals surface area contributed by atoms with Crippen molar-refractivity contribution in [1.82, 2.24) is 19.9 Å². The quantitative estimate of drug-likeness (QED) is 0.425. The molecule has 2 fully saturated rings. The van der Waals surface area contributed by atoms with E-state index < -0.39 is 35.0 Å². The van der Waals surface area contributed by atoms with E-state index in [1.54, 1.807) is 16.5 Å². The second-order valence-corrected chi connectivity index (χ2v) is 9.29. The molecule has 5 rings (SSSR count). The normalized spacial score (nSPS) is 21.4. The molecule has 0 saturated carbocycles. The summed E-state index contributed by atoms with van der Waals surface area (Å²) in [4.78, 5) is 34.6. The third-order valence-electron chi connectivity index (χ3n) is 6.30. The highest BCUT2D eigenvalue weighted by molar-refractivity contribution is 7.12. The molecule has 0 aliphatic carbocycles. The molecule has 3 N–H and O–H groups in total. The van der Waals surface area contributed by atoms with E-state index in [4.69, 9.17) is 4.74 Å². The van der Waals surface area contributed by atoms with Gasteiger partial charge in [-0.05, 0) is 31.7 Å². The molecule has 12 heteroatoms. The summed E-state index contributed by atoms with van der Waals surface area (Å²) in [6.45, 7) is 1.70. The maximum Gasteiger partial charge on any atom is 0.341 e. The molecule has 2 aliphatic heterocycles. The fourth-order valence-electron chi connectivity index (χ4n) is 4.40. The number of carboxylic acids is 1. The SMILES string of the molecule is O=C(O)c1cn(-c2nccs2)c2nc(N3CCC3C(O)NCC3CCCCO3)c(F)cc2c1=O. The lowest BCUT2D eigenvalue weighted by atomic mass is 10.0. The maximum atomic E-state index is 15.2. The zero-order valence-corrected chi connectivity index (χ0v) is 19.0. The smallest absolute Gasteiger partial charge is 0.341 e. The summed E-state index contributed by atoms with van der Waals surface area (Å²) >= 11 is 1.23. The number of aliphatic hydroxyl groups excluding tert-OH is 1. The number of halogens is 1. The Hall–Kier alpha value is -2.93. The lowest BCUT2D eigenvalue weighted by Crippen LogP contribution is -2.60. The van der Waals surface area contributed by atoms with Crippen LogP contribution in [0.3, 0.4) is 0 Å². The summed E-state index contributed by atoms with van der Waals surface area (Å²) in [7, 11) is 0. The molecule has 10 nitrogen and oxygen atoms in total. The molecule has 0 spiro atoms. The van der Waals surface area contributed by atoms with Gasteiger partial charge in [0.2, 0.25) is 5.43 Å². The van der Waals surface area contributed by atoms with Crippen molar-refractivity contribution in [2.75, 3.05) is 24.6 Å². The molecule has 5 heterocycles. The van der Waals surface area contributed by atoms with Crippen LogP contribution in [0.1, 0.15) is 36.0 Å². The number of nitrogens with one attached hydrogen (secondary N) is 1. The first-order chi connectivity index (χ1) is 16.4. The first-order valence-electron chi connectivity index (χ1n) is 11.1. The molecule has 2 saturated heterocycles. The van der Waals surface area contributed by atoms with Crippen LogP contribution < -0.4 is 15.6 Å². The van der Waals surface area contributed by atoms with Gasteiger partial charge in [0.25, 0.3) is 0 Å². The molecule has 0 amide bonds. The molecular weight excluding hydrogens is 465 g/mol. The summed E-state index contributed by atoms with van der Waals surface area (Å²) in [6, 6.07) is 0.614. The minimum Gasteiger partial charge on any atom is -0.477 e. The highest BCUT2D eigenvalue weighted by Crippen LogP contribution is 2.31. The zero-order valence-electron chi connectivity index (χ0n) is 18.2. The van der Waals surface area contributed by atoms with Crippen molar-refractivity contribution < 1.29 is 24.1 Å². The Morgan fingerprint density at radius 3 is 2.88 bits per heavy atom. The van der Waals surface area contributed by atoms with Crippen LogP contribution in [0.4, 0.5) is 10.2 Å². The third-order valence-corrected chi connectivity index (χ3v) is 7.07. The molecule has 3 aromatic rings. The highest BCUT2D eigenvalue weighted by Gasteiger charge is 2.37. The van der Waals surface area contributed by atoms with Gasteiger partial charge in [-0.15, -0.1) is 11.3 Å². The van der Waals surface area contributed by atoms with Gasteiger partial charge < -0.3 is 19.8 Å². The van der Waals surface area contributed by atoms with Crippen molar-refractivity contribution in [3.63, 3.8) is 0 Å². The Kier molecular flexibility index (Phi) is 6.30. The van der Waals surface area contributed by atoms with Gasteiger partial charge in [-0.1, -0.05) is 0 Å². The number of thiazole rings is 1. The highest BCUT2D eigenvalue weighted by atomic mass is 32.1. The number of fused-ring (bicyclic) bond motifs is 1. The van der Waals surface area contributed by atoms with Crippen LogP contribution in [0.25, 0.3) is 16.2 Å². The van der Waals surface area contributed by atoms with Gasteiger partial charge in [-0.3, -0.25) is 14.7 Å². The monoisotopic (exact) mass is 489 g/mol. The van der Waals surface area contributed by atoms with Gasteiger partial charge in [0.15, 0.2) is 22.4 Å². The third kappa shape index (κ3) is 4.17. The van der Waals surface area contributed by atoms with E-state index in [2.05, 4.69) is 15.3 Å². The summed E-state index contributed by atoms with van der Waals surface area (Å²) in [5.41, 5.74) is -1.21. The van der Waals surface area contributed by atoms with Crippen molar-refractivity contribution in [3.05, 3.63) is 45.4 Å². The van der Waals surface area contributed by atoms with Crippen LogP contribution in [0.5, 0.6) is 0 Å². The predicted octanol–water partition coefficient (Wildman–Crippen LogP) is 1.74. The number of aromatic carboxylic acids is 1. The summed E-state index contributed by atoms with van der Waals surface area (Å²) < 4.78 is 22.2. The number of hydrogen-bond acceptors (Lipinski definition) is 9. The fraction of sp³-hybridized carbons (Fsp3) is 0.455. The van der Waals surface area contributed by atoms with Gasteiger partial charge in [0.05, 0.1) is 17.5 Å². The molecule has 2 aliphatic rings. The largest absolute Gasteiger partial charge is 0.477 e. The zero-order chi connectivity index (χ0) is 23.8. The van der Waals surface area contributed by atoms with Crippen LogP contribution in [0, 0.1) is 5.82 Å². The fourth-order valence-corrected chi connectivity index (χ4v) is 5.02. The molecule has 0 aromatic carbocycles. The van der Waals surface area contributed by atoms with Gasteiger partial charge in [-0.25, -0.2) is 19.2 Å². The van der Waals surface area contributed by atoms with E-state index in [0.717, 1.165) is 31.5 Å². The van der Waals surface area contributed by atoms with Crippen molar-refractivity contribution >= 4 is 34.2 Å². The van der Waals surface area contributed by atoms with E-state index in [0.29, 0.717) is 31.2 Å². The van der Waals surface area contributed by atoms with Crippen molar-refractivity contribution in [1.29, 1.82) is 0 Å². The summed E-state index contributed by atoms with van der Waals surface area (Å²) in [5.74, 6) is -2.18.